The second kappa shape index (κ2) is 6.97. The molecule has 2 rings (SSSR count). The number of rotatable bonds is 4. The molecule has 0 aromatic heterocycles. The zero-order valence-corrected chi connectivity index (χ0v) is 14.4. The minimum absolute atomic E-state index is 0.0578. The van der Waals surface area contributed by atoms with Gasteiger partial charge in [0, 0.05) is 12.3 Å². The number of sulfone groups is 1. The molecule has 0 saturated carbocycles. The van der Waals surface area contributed by atoms with E-state index in [1.807, 2.05) is 32.0 Å². The van der Waals surface area contributed by atoms with Gasteiger partial charge in [-0.3, -0.25) is 4.79 Å². The van der Waals surface area contributed by atoms with Gasteiger partial charge in [-0.05, 0) is 49.2 Å². The van der Waals surface area contributed by atoms with Crippen molar-refractivity contribution in [2.24, 2.45) is 0 Å². The molecule has 0 radical (unpaired) electrons. The average Bonchev–Trinajstić information content (AvgIpc) is 2.47. The summed E-state index contributed by atoms with van der Waals surface area (Å²) in [6, 6.07) is 9.09. The van der Waals surface area contributed by atoms with E-state index in [0.29, 0.717) is 0 Å². The van der Waals surface area contributed by atoms with Crippen LogP contribution >= 0.6 is 0 Å². The second-order valence-corrected chi connectivity index (χ2v) is 7.61. The quantitative estimate of drug-likeness (QED) is 0.680. The van der Waals surface area contributed by atoms with Crippen LogP contribution in [0.5, 0.6) is 0 Å². The van der Waals surface area contributed by atoms with Crippen LogP contribution in [0.2, 0.25) is 0 Å². The van der Waals surface area contributed by atoms with Crippen molar-refractivity contribution in [3.63, 3.8) is 0 Å². The molecule has 0 aliphatic heterocycles. The van der Waals surface area contributed by atoms with E-state index in [0.717, 1.165) is 41.1 Å². The van der Waals surface area contributed by atoms with Crippen LogP contribution in [0.4, 0.5) is 10.1 Å². The van der Waals surface area contributed by atoms with Gasteiger partial charge in [-0.2, -0.15) is 0 Å². The number of hydrogen-bond donors (Lipinski definition) is 1. The average molecular weight is 347 g/mol. The summed E-state index contributed by atoms with van der Waals surface area (Å²) in [4.78, 5) is 11.9. The first-order chi connectivity index (χ1) is 11.2. The zero-order valence-electron chi connectivity index (χ0n) is 13.6. The molecule has 0 heterocycles. The fraction of sp³-hybridized carbons (Fsp3) is 0.167. The van der Waals surface area contributed by atoms with Crippen LogP contribution in [-0.2, 0) is 14.6 Å². The Hall–Kier alpha value is -2.47. The molecule has 0 fully saturated rings. The van der Waals surface area contributed by atoms with Crippen molar-refractivity contribution in [3.8, 4) is 0 Å². The minimum Gasteiger partial charge on any atom is -0.320 e. The Labute approximate surface area is 140 Å². The molecule has 0 unspecified atom stereocenters. The Morgan fingerprint density at radius 2 is 1.83 bits per heavy atom. The number of benzene rings is 2. The maximum atomic E-state index is 13.8. The van der Waals surface area contributed by atoms with Crippen molar-refractivity contribution in [2.45, 2.75) is 18.7 Å². The smallest absolute Gasteiger partial charge is 0.248 e. The molecule has 126 valence electrons. The summed E-state index contributed by atoms with van der Waals surface area (Å²) in [6.45, 7) is 3.91. The molecule has 2 aromatic carbocycles. The number of carbonyl (C=O) groups excluding carboxylic acids is 1. The molecule has 0 bridgehead atoms. The van der Waals surface area contributed by atoms with Gasteiger partial charge in [-0.15, -0.1) is 0 Å². The summed E-state index contributed by atoms with van der Waals surface area (Å²) in [6.07, 6.45) is 3.93. The van der Waals surface area contributed by atoms with Crippen molar-refractivity contribution in [1.82, 2.24) is 0 Å². The van der Waals surface area contributed by atoms with Gasteiger partial charge in [0.2, 0.25) is 5.91 Å². The zero-order chi connectivity index (χ0) is 17.9. The number of aryl methyl sites for hydroxylation is 2. The van der Waals surface area contributed by atoms with E-state index in [1.54, 1.807) is 6.08 Å². The topological polar surface area (TPSA) is 63.2 Å². The fourth-order valence-electron chi connectivity index (χ4n) is 2.18. The first-order valence-corrected chi connectivity index (χ1v) is 9.12. The summed E-state index contributed by atoms with van der Waals surface area (Å²) in [5.41, 5.74) is 2.84. The lowest BCUT2D eigenvalue weighted by Gasteiger charge is -2.06. The van der Waals surface area contributed by atoms with Gasteiger partial charge < -0.3 is 5.32 Å². The molecular weight excluding hydrogens is 329 g/mol. The highest BCUT2D eigenvalue weighted by Crippen LogP contribution is 2.20. The first-order valence-electron chi connectivity index (χ1n) is 7.23. The third kappa shape index (κ3) is 4.52. The normalized spacial score (nSPS) is 11.7. The van der Waals surface area contributed by atoms with Gasteiger partial charge in [0.15, 0.2) is 9.84 Å². The molecular formula is C18H18FNO3S. The molecule has 6 heteroatoms. The largest absolute Gasteiger partial charge is 0.320 e. The maximum Gasteiger partial charge on any atom is 0.248 e. The Bertz CT molecular complexity index is 918. The SMILES string of the molecule is Cc1ccc(/C=C/C(=O)Nc2cc(S(C)(=O)=O)ccc2F)c(C)c1. The van der Waals surface area contributed by atoms with Crippen molar-refractivity contribution in [2.75, 3.05) is 11.6 Å². The highest BCUT2D eigenvalue weighted by Gasteiger charge is 2.12. The Morgan fingerprint density at radius 1 is 1.12 bits per heavy atom. The Balaban J connectivity index is 2.19. The number of carbonyl (C=O) groups is 1. The molecule has 1 amide bonds. The minimum atomic E-state index is -3.48. The summed E-state index contributed by atoms with van der Waals surface area (Å²) >= 11 is 0. The Kier molecular flexibility index (Phi) is 5.19. The van der Waals surface area contributed by atoms with E-state index in [4.69, 9.17) is 0 Å². The fourth-order valence-corrected chi connectivity index (χ4v) is 2.83. The van der Waals surface area contributed by atoms with Crippen molar-refractivity contribution < 1.29 is 17.6 Å². The van der Waals surface area contributed by atoms with Gasteiger partial charge in [-0.1, -0.05) is 23.8 Å². The van der Waals surface area contributed by atoms with Crippen LogP contribution in [-0.4, -0.2) is 20.6 Å². The number of halogens is 1. The molecule has 0 saturated heterocycles. The standard InChI is InChI=1S/C18H18FNO3S/c1-12-4-5-14(13(2)10-12)6-9-18(21)20-17-11-15(24(3,22)23)7-8-16(17)19/h4-11H,1-3H3,(H,20,21)/b9-6+. The molecule has 4 nitrogen and oxygen atoms in total. The van der Waals surface area contributed by atoms with E-state index in [9.17, 15) is 17.6 Å². The first kappa shape index (κ1) is 17.9. The Morgan fingerprint density at radius 3 is 2.46 bits per heavy atom. The van der Waals surface area contributed by atoms with E-state index >= 15 is 0 Å². The molecule has 0 spiro atoms. The van der Waals surface area contributed by atoms with Gasteiger partial charge in [-0.25, -0.2) is 12.8 Å². The van der Waals surface area contributed by atoms with Crippen molar-refractivity contribution in [1.29, 1.82) is 0 Å². The van der Waals surface area contributed by atoms with Gasteiger partial charge >= 0.3 is 0 Å². The monoisotopic (exact) mass is 347 g/mol. The van der Waals surface area contributed by atoms with Crippen LogP contribution < -0.4 is 5.32 Å². The summed E-state index contributed by atoms with van der Waals surface area (Å²) in [5.74, 6) is -1.24. The lowest BCUT2D eigenvalue weighted by molar-refractivity contribution is -0.111. The van der Waals surface area contributed by atoms with Crippen LogP contribution in [0, 0.1) is 19.7 Å². The van der Waals surface area contributed by atoms with E-state index in [1.165, 1.54) is 6.08 Å². The summed E-state index contributed by atoms with van der Waals surface area (Å²) in [7, 11) is -3.48. The van der Waals surface area contributed by atoms with Crippen LogP contribution in [0.1, 0.15) is 16.7 Å². The number of hydrogen-bond acceptors (Lipinski definition) is 3. The molecule has 0 aliphatic rings. The maximum absolute atomic E-state index is 13.8. The molecule has 24 heavy (non-hydrogen) atoms. The number of anilines is 1. The molecule has 2 aromatic rings. The van der Waals surface area contributed by atoms with Gasteiger partial charge in [0.1, 0.15) is 5.82 Å². The highest BCUT2D eigenvalue weighted by molar-refractivity contribution is 7.90. The third-order valence-electron chi connectivity index (χ3n) is 3.46. The van der Waals surface area contributed by atoms with Crippen molar-refractivity contribution >= 4 is 27.5 Å². The summed E-state index contributed by atoms with van der Waals surface area (Å²) < 4.78 is 36.8. The molecule has 0 aliphatic carbocycles. The van der Waals surface area contributed by atoms with E-state index < -0.39 is 21.6 Å². The molecule has 1 N–H and O–H groups in total. The lowest BCUT2D eigenvalue weighted by Crippen LogP contribution is -2.10. The van der Waals surface area contributed by atoms with Gasteiger partial charge in [0.05, 0.1) is 10.6 Å². The third-order valence-corrected chi connectivity index (χ3v) is 4.57. The van der Waals surface area contributed by atoms with Crippen LogP contribution in [0.15, 0.2) is 47.4 Å². The predicted octanol–water partition coefficient (Wildman–Crippen LogP) is 3.50. The van der Waals surface area contributed by atoms with E-state index in [2.05, 4.69) is 5.32 Å². The summed E-state index contributed by atoms with van der Waals surface area (Å²) in [5, 5.41) is 2.36. The van der Waals surface area contributed by atoms with Crippen LogP contribution in [0.25, 0.3) is 6.08 Å². The van der Waals surface area contributed by atoms with Gasteiger partial charge in [0.25, 0.3) is 0 Å². The highest BCUT2D eigenvalue weighted by atomic mass is 32.2. The molecule has 0 atom stereocenters. The van der Waals surface area contributed by atoms with Crippen LogP contribution in [0.3, 0.4) is 0 Å². The van der Waals surface area contributed by atoms with Crippen molar-refractivity contribution in [3.05, 3.63) is 65.0 Å². The second-order valence-electron chi connectivity index (χ2n) is 5.60. The number of nitrogens with one attached hydrogen (secondary N) is 1. The van der Waals surface area contributed by atoms with E-state index in [-0.39, 0.29) is 10.6 Å². The predicted molar refractivity (Wildman–Crippen MR) is 93.1 cm³/mol. The number of amides is 1. The lowest BCUT2D eigenvalue weighted by atomic mass is 10.1.